The van der Waals surface area contributed by atoms with Crippen molar-refractivity contribution in [3.05, 3.63) is 41.9 Å². The van der Waals surface area contributed by atoms with E-state index < -0.39 is 31.1 Å². The van der Waals surface area contributed by atoms with E-state index in [9.17, 15) is 22.1 Å². The largest absolute Gasteiger partial charge is 0.309 e. The summed E-state index contributed by atoms with van der Waals surface area (Å²) in [6.07, 6.45) is 1.41. The van der Waals surface area contributed by atoms with E-state index in [-0.39, 0.29) is 6.04 Å². The van der Waals surface area contributed by atoms with E-state index in [1.807, 2.05) is 12.1 Å². The van der Waals surface area contributed by atoms with E-state index in [2.05, 4.69) is 4.98 Å². The van der Waals surface area contributed by atoms with Crippen molar-refractivity contribution < 1.29 is 16.8 Å². The smallest absolute Gasteiger partial charge is 0.262 e. The molecule has 0 spiro atoms. The maximum absolute atomic E-state index is 13.1. The van der Waals surface area contributed by atoms with Crippen molar-refractivity contribution in [3.8, 4) is 6.07 Å². The average molecular weight is 395 g/mol. The van der Waals surface area contributed by atoms with Crippen LogP contribution in [0, 0.1) is 11.3 Å². The molecule has 0 saturated carbocycles. The number of hydrogen-bond acceptors (Lipinski definition) is 6. The first-order valence-corrected chi connectivity index (χ1v) is 10.5. The summed E-state index contributed by atoms with van der Waals surface area (Å²) in [5, 5.41) is 8.71. The van der Waals surface area contributed by atoms with Gasteiger partial charge in [0.15, 0.2) is 5.03 Å². The number of para-hydroxylation sites is 1. The van der Waals surface area contributed by atoms with Crippen LogP contribution in [0.15, 0.2) is 35.5 Å². The van der Waals surface area contributed by atoms with Crippen molar-refractivity contribution in [2.24, 2.45) is 0 Å². The highest BCUT2D eigenvalue weighted by Crippen LogP contribution is 2.36. The Balaban J connectivity index is 2.16. The first-order chi connectivity index (χ1) is 12.1. The minimum absolute atomic E-state index is 0.349. The Labute approximate surface area is 152 Å². The molecule has 0 amide bonds. The third-order valence-electron chi connectivity index (χ3n) is 4.13. The fraction of sp³-hybridized carbons (Fsp3) is 0.333. The number of rotatable bonds is 4. The van der Waals surface area contributed by atoms with Gasteiger partial charge < -0.3 is 0 Å². The molecule has 1 aliphatic rings. The van der Waals surface area contributed by atoms with Crippen LogP contribution in [0.1, 0.15) is 18.3 Å². The number of hydrogen-bond donors (Lipinski definition) is 0. The van der Waals surface area contributed by atoms with Crippen LogP contribution in [-0.4, -0.2) is 50.2 Å². The summed E-state index contributed by atoms with van der Waals surface area (Å²) in [6.45, 7) is 1.76. The molecule has 2 aromatic rings. The molecule has 0 fully saturated rings. The molecule has 0 N–H and O–H groups in total. The van der Waals surface area contributed by atoms with Gasteiger partial charge >= 0.3 is 10.2 Å². The van der Waals surface area contributed by atoms with Gasteiger partial charge in [-0.15, -0.1) is 0 Å². The molecule has 0 saturated heterocycles. The van der Waals surface area contributed by atoms with Gasteiger partial charge in [0.1, 0.15) is 6.07 Å². The Bertz CT molecular complexity index is 1110. The van der Waals surface area contributed by atoms with Crippen molar-refractivity contribution in [1.82, 2.24) is 13.3 Å². The summed E-state index contributed by atoms with van der Waals surface area (Å²) in [7, 11) is -5.64. The summed E-state index contributed by atoms with van der Waals surface area (Å²) < 4.78 is 53.6. The lowest BCUT2D eigenvalue weighted by Gasteiger charge is -2.23. The Morgan fingerprint density at radius 3 is 2.50 bits per heavy atom. The molecule has 26 heavy (non-hydrogen) atoms. The van der Waals surface area contributed by atoms with Crippen molar-refractivity contribution in [1.29, 1.82) is 5.26 Å². The molecular formula is C15H17N5O4S2. The number of aromatic nitrogens is 2. The number of sulfonamides is 1. The molecule has 9 nitrogen and oxygen atoms in total. The zero-order valence-corrected chi connectivity index (χ0v) is 16.0. The molecule has 0 radical (unpaired) electrons. The second kappa shape index (κ2) is 6.08. The van der Waals surface area contributed by atoms with E-state index in [1.54, 1.807) is 25.1 Å². The molecule has 2 heterocycles. The summed E-state index contributed by atoms with van der Waals surface area (Å²) in [5.41, 5.74) is 1.41. The molecule has 11 heteroatoms. The predicted molar refractivity (Wildman–Crippen MR) is 94.2 cm³/mol. The topological polar surface area (TPSA) is 116 Å². The van der Waals surface area contributed by atoms with Crippen LogP contribution in [0.4, 0.5) is 5.69 Å². The van der Waals surface area contributed by atoms with Gasteiger partial charge in [-0.2, -0.15) is 26.4 Å². The van der Waals surface area contributed by atoms with Crippen LogP contribution >= 0.6 is 0 Å². The van der Waals surface area contributed by atoms with Crippen LogP contribution in [0.2, 0.25) is 0 Å². The number of nitrogens with zero attached hydrogens (tertiary/aromatic N) is 5. The fourth-order valence-corrected chi connectivity index (χ4v) is 5.48. The van der Waals surface area contributed by atoms with E-state index in [4.69, 9.17) is 0 Å². The minimum Gasteiger partial charge on any atom is -0.262 e. The number of nitriles is 1. The maximum Gasteiger partial charge on any atom is 0.309 e. The molecule has 1 aromatic carbocycles. The van der Waals surface area contributed by atoms with E-state index in [0.29, 0.717) is 16.1 Å². The fourth-order valence-electron chi connectivity index (χ4n) is 2.90. The second-order valence-corrected chi connectivity index (χ2v) is 9.86. The normalized spacial score (nSPS) is 17.3. The summed E-state index contributed by atoms with van der Waals surface area (Å²) in [6, 6.07) is 8.38. The summed E-state index contributed by atoms with van der Waals surface area (Å²) >= 11 is 0. The SMILES string of the molecule is CC1Cc2ccccc2N1S(=O)(=O)c1cn(S(=O)(=O)N(C)C)c(C#N)n1. The van der Waals surface area contributed by atoms with Crippen LogP contribution in [-0.2, 0) is 26.7 Å². The first kappa shape index (κ1) is 18.4. The minimum atomic E-state index is -4.13. The predicted octanol–water partition coefficient (Wildman–Crippen LogP) is 0.549. The van der Waals surface area contributed by atoms with E-state index in [0.717, 1.165) is 16.1 Å². The van der Waals surface area contributed by atoms with E-state index in [1.165, 1.54) is 18.4 Å². The highest BCUT2D eigenvalue weighted by Gasteiger charge is 2.38. The molecule has 1 unspecified atom stereocenters. The van der Waals surface area contributed by atoms with E-state index >= 15 is 0 Å². The van der Waals surface area contributed by atoms with Crippen LogP contribution in [0.3, 0.4) is 0 Å². The monoisotopic (exact) mass is 395 g/mol. The van der Waals surface area contributed by atoms with Gasteiger partial charge in [0.2, 0.25) is 5.82 Å². The molecule has 0 aliphatic carbocycles. The highest BCUT2D eigenvalue weighted by molar-refractivity contribution is 7.93. The maximum atomic E-state index is 13.1. The van der Waals surface area contributed by atoms with Crippen LogP contribution in [0.25, 0.3) is 0 Å². The molecule has 0 bridgehead atoms. The molecule has 1 aromatic heterocycles. The van der Waals surface area contributed by atoms with Gasteiger partial charge in [-0.25, -0.2) is 8.96 Å². The molecule has 1 atom stereocenters. The van der Waals surface area contributed by atoms with Crippen LogP contribution in [0.5, 0.6) is 0 Å². The average Bonchev–Trinajstić information content (AvgIpc) is 3.15. The lowest BCUT2D eigenvalue weighted by Crippen LogP contribution is -2.36. The van der Waals surface area contributed by atoms with Gasteiger partial charge in [-0.1, -0.05) is 18.2 Å². The summed E-state index contributed by atoms with van der Waals surface area (Å²) in [4.78, 5) is 3.77. The van der Waals surface area contributed by atoms with Gasteiger partial charge in [-0.3, -0.25) is 4.31 Å². The second-order valence-electron chi connectivity index (χ2n) is 6.08. The molecule has 138 valence electrons. The Morgan fingerprint density at radius 1 is 1.23 bits per heavy atom. The van der Waals surface area contributed by atoms with Crippen molar-refractivity contribution in [3.63, 3.8) is 0 Å². The first-order valence-electron chi connectivity index (χ1n) is 7.65. The number of imidazole rings is 1. The number of benzene rings is 1. The zero-order valence-electron chi connectivity index (χ0n) is 14.4. The molecule has 1 aliphatic heterocycles. The Kier molecular flexibility index (Phi) is 4.30. The van der Waals surface area contributed by atoms with Crippen molar-refractivity contribution in [2.75, 3.05) is 18.4 Å². The summed E-state index contributed by atoms with van der Waals surface area (Å²) in [5.74, 6) is -0.516. The lowest BCUT2D eigenvalue weighted by molar-refractivity contribution is 0.510. The van der Waals surface area contributed by atoms with Crippen molar-refractivity contribution in [2.45, 2.75) is 24.4 Å². The lowest BCUT2D eigenvalue weighted by atomic mass is 10.1. The molecular weight excluding hydrogens is 378 g/mol. The standard InChI is InChI=1S/C15H17N5O4S2/c1-11-8-12-6-4-5-7-13(12)20(11)25(21,22)15-10-19(14(9-16)17-15)26(23,24)18(2)3/h4-7,10-11H,8H2,1-3H3. The Morgan fingerprint density at radius 2 is 1.88 bits per heavy atom. The van der Waals surface area contributed by atoms with Gasteiger partial charge in [0.05, 0.1) is 11.9 Å². The van der Waals surface area contributed by atoms with Gasteiger partial charge in [0, 0.05) is 20.1 Å². The van der Waals surface area contributed by atoms with Gasteiger partial charge in [-0.05, 0) is 25.0 Å². The zero-order chi connectivity index (χ0) is 19.3. The third-order valence-corrected chi connectivity index (χ3v) is 7.63. The Hall–Kier alpha value is -2.42. The van der Waals surface area contributed by atoms with Crippen LogP contribution < -0.4 is 4.31 Å². The molecule has 3 rings (SSSR count). The number of fused-ring (bicyclic) bond motifs is 1. The number of anilines is 1. The quantitative estimate of drug-likeness (QED) is 0.746. The highest BCUT2D eigenvalue weighted by atomic mass is 32.2. The van der Waals surface area contributed by atoms with Gasteiger partial charge in [0.25, 0.3) is 10.0 Å². The third kappa shape index (κ3) is 2.66. The van der Waals surface area contributed by atoms with Crippen molar-refractivity contribution >= 4 is 25.9 Å².